The van der Waals surface area contributed by atoms with Crippen molar-refractivity contribution in [3.63, 3.8) is 0 Å². The van der Waals surface area contributed by atoms with Crippen LogP contribution in [0.2, 0.25) is 10.0 Å². The second kappa shape index (κ2) is 7.04. The molecule has 0 amide bonds. The van der Waals surface area contributed by atoms with Crippen LogP contribution < -0.4 is 5.32 Å². The van der Waals surface area contributed by atoms with E-state index in [0.717, 1.165) is 4.47 Å². The molecule has 7 heteroatoms. The van der Waals surface area contributed by atoms with Crippen LogP contribution >= 0.6 is 39.1 Å². The zero-order valence-electron chi connectivity index (χ0n) is 10.1. The fourth-order valence-electron chi connectivity index (χ4n) is 1.61. The van der Waals surface area contributed by atoms with Gasteiger partial charge in [0.25, 0.3) is 0 Å². The van der Waals surface area contributed by atoms with E-state index in [1.54, 1.807) is 19.1 Å². The van der Waals surface area contributed by atoms with Crippen LogP contribution in [-0.2, 0) is 0 Å². The van der Waals surface area contributed by atoms with Crippen LogP contribution in [-0.4, -0.2) is 12.2 Å². The second-order valence-corrected chi connectivity index (χ2v) is 6.03. The van der Waals surface area contributed by atoms with Crippen molar-refractivity contribution >= 4 is 44.8 Å². The van der Waals surface area contributed by atoms with Crippen LogP contribution in [0.1, 0.15) is 26.2 Å². The third-order valence-corrected chi connectivity index (χ3v) is 3.55. The summed E-state index contributed by atoms with van der Waals surface area (Å²) in [6.07, 6.45) is -4.42. The predicted molar refractivity (Wildman–Crippen MR) is 77.2 cm³/mol. The molecule has 1 atom stereocenters. The third kappa shape index (κ3) is 6.23. The fraction of sp³-hybridized carbons (Fsp3) is 0.500. The number of alkyl halides is 3. The number of anilines is 1. The molecule has 0 bridgehead atoms. The molecule has 1 rings (SSSR count). The van der Waals surface area contributed by atoms with Crippen LogP contribution in [0.15, 0.2) is 16.6 Å². The Hall–Kier alpha value is -0.130. The summed E-state index contributed by atoms with van der Waals surface area (Å²) in [5.41, 5.74) is 0.547. The molecule has 1 nitrogen and oxygen atoms in total. The van der Waals surface area contributed by atoms with Crippen molar-refractivity contribution in [2.45, 2.75) is 38.4 Å². The zero-order chi connectivity index (χ0) is 14.6. The minimum absolute atomic E-state index is 0.0728. The Kier molecular flexibility index (Phi) is 6.27. The van der Waals surface area contributed by atoms with Crippen LogP contribution in [0.25, 0.3) is 0 Å². The molecule has 0 spiro atoms. The molecule has 108 valence electrons. The summed E-state index contributed by atoms with van der Waals surface area (Å²) >= 11 is 15.3. The second-order valence-electron chi connectivity index (χ2n) is 4.30. The van der Waals surface area contributed by atoms with Crippen LogP contribution in [0, 0.1) is 0 Å². The monoisotopic (exact) mass is 377 g/mol. The van der Waals surface area contributed by atoms with Gasteiger partial charge in [-0.05, 0) is 31.9 Å². The summed E-state index contributed by atoms with van der Waals surface area (Å²) in [4.78, 5) is 0. The molecule has 1 aromatic carbocycles. The van der Waals surface area contributed by atoms with E-state index in [9.17, 15) is 13.2 Å². The average molecular weight is 379 g/mol. The normalized spacial score (nSPS) is 13.4. The van der Waals surface area contributed by atoms with E-state index in [0.29, 0.717) is 22.2 Å². The first-order valence-electron chi connectivity index (χ1n) is 5.67. The zero-order valence-corrected chi connectivity index (χ0v) is 13.2. The highest BCUT2D eigenvalue weighted by atomic mass is 79.9. The SMILES string of the molecule is CC(CCCC(F)(F)F)Nc1c(Cl)cc(Br)cc1Cl. The molecule has 0 saturated heterocycles. The number of hydrogen-bond acceptors (Lipinski definition) is 1. The Balaban J connectivity index is 2.55. The van der Waals surface area contributed by atoms with E-state index in [1.807, 2.05) is 0 Å². The topological polar surface area (TPSA) is 12.0 Å². The van der Waals surface area contributed by atoms with E-state index >= 15 is 0 Å². The smallest absolute Gasteiger partial charge is 0.380 e. The molecule has 1 aromatic rings. The predicted octanol–water partition coefficient (Wildman–Crippen LogP) is 6.29. The lowest BCUT2D eigenvalue weighted by Crippen LogP contribution is -2.17. The van der Waals surface area contributed by atoms with Crippen molar-refractivity contribution < 1.29 is 13.2 Å². The molecule has 0 aliphatic carbocycles. The summed E-state index contributed by atoms with van der Waals surface area (Å²) in [5.74, 6) is 0. The number of hydrogen-bond donors (Lipinski definition) is 1. The lowest BCUT2D eigenvalue weighted by atomic mass is 10.1. The van der Waals surface area contributed by atoms with Gasteiger partial charge in [0.15, 0.2) is 0 Å². The first kappa shape index (κ1) is 16.9. The molecule has 0 aliphatic rings. The van der Waals surface area contributed by atoms with Crippen molar-refractivity contribution in [3.05, 3.63) is 26.7 Å². The van der Waals surface area contributed by atoms with Gasteiger partial charge in [-0.25, -0.2) is 0 Å². The minimum atomic E-state index is -4.10. The van der Waals surface area contributed by atoms with Gasteiger partial charge < -0.3 is 5.32 Å². The fourth-order valence-corrected chi connectivity index (χ4v) is 2.92. The Morgan fingerprint density at radius 1 is 1.26 bits per heavy atom. The molecule has 0 heterocycles. The molecular weight excluding hydrogens is 366 g/mol. The van der Waals surface area contributed by atoms with Gasteiger partial charge in [-0.15, -0.1) is 0 Å². The van der Waals surface area contributed by atoms with Crippen molar-refractivity contribution in [1.82, 2.24) is 0 Å². The molecule has 1 unspecified atom stereocenters. The first-order valence-corrected chi connectivity index (χ1v) is 7.22. The quantitative estimate of drug-likeness (QED) is 0.634. The van der Waals surface area contributed by atoms with Crippen molar-refractivity contribution in [2.75, 3.05) is 5.32 Å². The maximum Gasteiger partial charge on any atom is 0.389 e. The summed E-state index contributed by atoms with van der Waals surface area (Å²) in [6.45, 7) is 1.80. The lowest BCUT2D eigenvalue weighted by Gasteiger charge is -2.18. The molecular formula is C12H13BrCl2F3N. The first-order chi connectivity index (χ1) is 8.69. The van der Waals surface area contributed by atoms with Gasteiger partial charge in [-0.1, -0.05) is 39.1 Å². The van der Waals surface area contributed by atoms with Crippen molar-refractivity contribution in [3.8, 4) is 0 Å². The number of halogens is 6. The standard InChI is InChI=1S/C12H13BrCl2F3N/c1-7(3-2-4-12(16,17)18)19-11-9(14)5-8(13)6-10(11)15/h5-7,19H,2-4H2,1H3. The molecule has 0 radical (unpaired) electrons. The van der Waals surface area contributed by atoms with Crippen molar-refractivity contribution in [1.29, 1.82) is 0 Å². The molecule has 0 aromatic heterocycles. The summed E-state index contributed by atoms with van der Waals surface area (Å²) in [6, 6.07) is 3.22. The van der Waals surface area contributed by atoms with Crippen molar-refractivity contribution in [2.24, 2.45) is 0 Å². The van der Waals surface area contributed by atoms with E-state index in [2.05, 4.69) is 21.2 Å². The van der Waals surface area contributed by atoms with Gasteiger partial charge in [0.1, 0.15) is 0 Å². The summed E-state index contributed by atoms with van der Waals surface area (Å²) in [7, 11) is 0. The Morgan fingerprint density at radius 3 is 2.26 bits per heavy atom. The maximum absolute atomic E-state index is 12.0. The Labute approximate surface area is 128 Å². The molecule has 0 saturated carbocycles. The third-order valence-electron chi connectivity index (χ3n) is 2.50. The lowest BCUT2D eigenvalue weighted by molar-refractivity contribution is -0.135. The Bertz CT molecular complexity index is 414. The highest BCUT2D eigenvalue weighted by Crippen LogP contribution is 2.34. The number of nitrogens with one attached hydrogen (secondary N) is 1. The van der Waals surface area contributed by atoms with Crippen LogP contribution in [0.5, 0.6) is 0 Å². The summed E-state index contributed by atoms with van der Waals surface area (Å²) in [5, 5.41) is 3.90. The Morgan fingerprint density at radius 2 is 1.79 bits per heavy atom. The van der Waals surface area contributed by atoms with E-state index in [-0.39, 0.29) is 12.5 Å². The van der Waals surface area contributed by atoms with Crippen LogP contribution in [0.4, 0.5) is 18.9 Å². The molecule has 19 heavy (non-hydrogen) atoms. The summed E-state index contributed by atoms with van der Waals surface area (Å²) < 4.78 is 36.9. The number of rotatable bonds is 5. The van der Waals surface area contributed by atoms with Gasteiger partial charge in [0.05, 0.1) is 15.7 Å². The minimum Gasteiger partial charge on any atom is -0.380 e. The highest BCUT2D eigenvalue weighted by Gasteiger charge is 2.26. The van der Waals surface area contributed by atoms with Gasteiger partial charge in [-0.3, -0.25) is 0 Å². The van der Waals surface area contributed by atoms with E-state index < -0.39 is 12.6 Å². The largest absolute Gasteiger partial charge is 0.389 e. The highest BCUT2D eigenvalue weighted by molar-refractivity contribution is 9.10. The maximum atomic E-state index is 12.0. The molecule has 1 N–H and O–H groups in total. The van der Waals surface area contributed by atoms with Crippen LogP contribution in [0.3, 0.4) is 0 Å². The molecule has 0 aliphatic heterocycles. The van der Waals surface area contributed by atoms with E-state index in [1.165, 1.54) is 0 Å². The van der Waals surface area contributed by atoms with Gasteiger partial charge in [0, 0.05) is 16.9 Å². The van der Waals surface area contributed by atoms with E-state index in [4.69, 9.17) is 23.2 Å². The average Bonchev–Trinajstić information content (AvgIpc) is 2.21. The van der Waals surface area contributed by atoms with Gasteiger partial charge in [-0.2, -0.15) is 13.2 Å². The number of benzene rings is 1. The molecule has 0 fully saturated rings. The van der Waals surface area contributed by atoms with Gasteiger partial charge in [0.2, 0.25) is 0 Å². The van der Waals surface area contributed by atoms with Gasteiger partial charge >= 0.3 is 6.18 Å².